The van der Waals surface area contributed by atoms with Crippen LogP contribution < -0.4 is 0 Å². The van der Waals surface area contributed by atoms with Gasteiger partial charge in [-0.25, -0.2) is 9.67 Å². The van der Waals surface area contributed by atoms with E-state index >= 15 is 0 Å². The molecule has 3 rings (SSSR count). The van der Waals surface area contributed by atoms with Gasteiger partial charge in [-0.05, 0) is 62.3 Å². The minimum absolute atomic E-state index is 0.0516. The molecule has 0 aliphatic heterocycles. The summed E-state index contributed by atoms with van der Waals surface area (Å²) in [6.07, 6.45) is 7.05. The molecule has 1 amide bonds. The van der Waals surface area contributed by atoms with Crippen molar-refractivity contribution in [2.45, 2.75) is 38.6 Å². The zero-order valence-electron chi connectivity index (χ0n) is 14.2. The van der Waals surface area contributed by atoms with Gasteiger partial charge in [-0.1, -0.05) is 0 Å². The summed E-state index contributed by atoms with van der Waals surface area (Å²) < 4.78 is 1.70. The Hall–Kier alpha value is -2.21. The monoisotopic (exact) mass is 328 g/mol. The van der Waals surface area contributed by atoms with E-state index in [4.69, 9.17) is 0 Å². The van der Waals surface area contributed by atoms with Gasteiger partial charge in [0.1, 0.15) is 12.7 Å². The van der Waals surface area contributed by atoms with E-state index < -0.39 is 0 Å². The SMILES string of the molecule is Cc1cc(C(=O)N(C)C2CCC(CO)CC2)ccc1-n1cncn1. The highest BCUT2D eigenvalue weighted by Gasteiger charge is 2.26. The lowest BCUT2D eigenvalue weighted by Crippen LogP contribution is -2.39. The minimum atomic E-state index is 0.0516. The van der Waals surface area contributed by atoms with Gasteiger partial charge in [-0.3, -0.25) is 4.79 Å². The smallest absolute Gasteiger partial charge is 0.253 e. The lowest BCUT2D eigenvalue weighted by Gasteiger charge is -2.34. The summed E-state index contributed by atoms with van der Waals surface area (Å²) in [5, 5.41) is 13.4. The van der Waals surface area contributed by atoms with Crippen LogP contribution in [0.5, 0.6) is 0 Å². The number of benzene rings is 1. The van der Waals surface area contributed by atoms with Crippen LogP contribution in [0.1, 0.15) is 41.6 Å². The first kappa shape index (κ1) is 16.6. The van der Waals surface area contributed by atoms with Crippen molar-refractivity contribution in [3.8, 4) is 5.69 Å². The van der Waals surface area contributed by atoms with Crippen molar-refractivity contribution in [1.82, 2.24) is 19.7 Å². The Labute approximate surface area is 142 Å². The molecule has 0 bridgehead atoms. The number of rotatable bonds is 4. The number of amides is 1. The lowest BCUT2D eigenvalue weighted by atomic mass is 9.86. The Bertz CT molecular complexity index is 691. The van der Waals surface area contributed by atoms with Gasteiger partial charge in [-0.2, -0.15) is 5.10 Å². The van der Waals surface area contributed by atoms with Crippen molar-refractivity contribution < 1.29 is 9.90 Å². The molecule has 24 heavy (non-hydrogen) atoms. The number of carbonyl (C=O) groups excluding carboxylic acids is 1. The maximum Gasteiger partial charge on any atom is 0.253 e. The standard InChI is InChI=1S/C18H24N4O2/c1-13-9-15(5-8-17(13)22-12-19-11-20-22)18(24)21(2)16-6-3-14(10-23)4-7-16/h5,8-9,11-12,14,16,23H,3-4,6-7,10H2,1-2H3. The van der Waals surface area contributed by atoms with Gasteiger partial charge in [0, 0.05) is 25.3 Å². The van der Waals surface area contributed by atoms with E-state index in [-0.39, 0.29) is 18.6 Å². The number of hydrogen-bond donors (Lipinski definition) is 1. The molecule has 1 aromatic heterocycles. The topological polar surface area (TPSA) is 71.2 Å². The molecule has 1 N–H and O–H groups in total. The molecule has 1 aromatic carbocycles. The summed E-state index contributed by atoms with van der Waals surface area (Å²) >= 11 is 0. The predicted molar refractivity (Wildman–Crippen MR) is 91.0 cm³/mol. The Balaban J connectivity index is 1.72. The van der Waals surface area contributed by atoms with Crippen molar-refractivity contribution in [3.63, 3.8) is 0 Å². The molecule has 6 heteroatoms. The molecule has 1 fully saturated rings. The Morgan fingerprint density at radius 3 is 2.67 bits per heavy atom. The lowest BCUT2D eigenvalue weighted by molar-refractivity contribution is 0.0653. The van der Waals surface area contributed by atoms with Crippen molar-refractivity contribution in [3.05, 3.63) is 42.0 Å². The number of aromatic nitrogens is 3. The molecule has 2 aromatic rings. The minimum Gasteiger partial charge on any atom is -0.396 e. The third-order valence-corrected chi connectivity index (χ3v) is 5.05. The van der Waals surface area contributed by atoms with Crippen LogP contribution in [-0.4, -0.2) is 50.4 Å². The Morgan fingerprint density at radius 2 is 2.08 bits per heavy atom. The Kier molecular flexibility index (Phi) is 4.94. The number of carbonyl (C=O) groups is 1. The first-order valence-corrected chi connectivity index (χ1v) is 8.44. The van der Waals surface area contributed by atoms with E-state index in [9.17, 15) is 9.90 Å². The second kappa shape index (κ2) is 7.13. The number of hydrogen-bond acceptors (Lipinski definition) is 4. The molecule has 0 unspecified atom stereocenters. The van der Waals surface area contributed by atoms with Crippen LogP contribution in [-0.2, 0) is 0 Å². The fraction of sp³-hybridized carbons (Fsp3) is 0.500. The van der Waals surface area contributed by atoms with E-state index in [0.29, 0.717) is 11.5 Å². The first-order valence-electron chi connectivity index (χ1n) is 8.44. The molecule has 1 heterocycles. The fourth-order valence-corrected chi connectivity index (χ4v) is 3.46. The van der Waals surface area contributed by atoms with Gasteiger partial charge in [0.2, 0.25) is 0 Å². The van der Waals surface area contributed by atoms with Gasteiger partial charge in [-0.15, -0.1) is 0 Å². The summed E-state index contributed by atoms with van der Waals surface area (Å²) in [5.74, 6) is 0.449. The van der Waals surface area contributed by atoms with E-state index in [1.807, 2.05) is 37.1 Å². The molecule has 0 saturated heterocycles. The van der Waals surface area contributed by atoms with Crippen LogP contribution >= 0.6 is 0 Å². The zero-order valence-corrected chi connectivity index (χ0v) is 14.2. The van der Waals surface area contributed by atoms with Gasteiger partial charge in [0.05, 0.1) is 5.69 Å². The number of aliphatic hydroxyl groups is 1. The van der Waals surface area contributed by atoms with Gasteiger partial charge in [0.25, 0.3) is 5.91 Å². The van der Waals surface area contributed by atoms with Crippen molar-refractivity contribution in [2.75, 3.05) is 13.7 Å². The second-order valence-corrected chi connectivity index (χ2v) is 6.61. The maximum absolute atomic E-state index is 12.8. The molecule has 0 atom stereocenters. The number of aryl methyl sites for hydroxylation is 1. The second-order valence-electron chi connectivity index (χ2n) is 6.61. The zero-order chi connectivity index (χ0) is 17.1. The van der Waals surface area contributed by atoms with Crippen LogP contribution in [0.2, 0.25) is 0 Å². The van der Waals surface area contributed by atoms with Crippen LogP contribution in [0.4, 0.5) is 0 Å². The van der Waals surface area contributed by atoms with E-state index in [2.05, 4.69) is 10.1 Å². The highest BCUT2D eigenvalue weighted by Crippen LogP contribution is 2.27. The molecule has 1 saturated carbocycles. The molecule has 1 aliphatic rings. The maximum atomic E-state index is 12.8. The van der Waals surface area contributed by atoms with Crippen LogP contribution in [0, 0.1) is 12.8 Å². The van der Waals surface area contributed by atoms with Crippen molar-refractivity contribution >= 4 is 5.91 Å². The van der Waals surface area contributed by atoms with Gasteiger partial charge in [0.15, 0.2) is 0 Å². The summed E-state index contributed by atoms with van der Waals surface area (Å²) in [6, 6.07) is 5.93. The number of aliphatic hydroxyl groups excluding tert-OH is 1. The van der Waals surface area contributed by atoms with Gasteiger partial charge < -0.3 is 10.0 Å². The van der Waals surface area contributed by atoms with E-state index in [1.165, 1.54) is 6.33 Å². The largest absolute Gasteiger partial charge is 0.396 e. The first-order chi connectivity index (χ1) is 11.6. The predicted octanol–water partition coefficient (Wildman–Crippen LogP) is 2.20. The summed E-state index contributed by atoms with van der Waals surface area (Å²) in [5.41, 5.74) is 2.61. The summed E-state index contributed by atoms with van der Waals surface area (Å²) in [6.45, 7) is 2.23. The molecule has 0 radical (unpaired) electrons. The normalized spacial score (nSPS) is 20.8. The third kappa shape index (κ3) is 3.33. The van der Waals surface area contributed by atoms with E-state index in [1.54, 1.807) is 11.0 Å². The van der Waals surface area contributed by atoms with E-state index in [0.717, 1.165) is 36.9 Å². The van der Waals surface area contributed by atoms with Crippen LogP contribution in [0.25, 0.3) is 5.69 Å². The molecular formula is C18H24N4O2. The third-order valence-electron chi connectivity index (χ3n) is 5.05. The average molecular weight is 328 g/mol. The molecule has 6 nitrogen and oxygen atoms in total. The van der Waals surface area contributed by atoms with Crippen molar-refractivity contribution in [2.24, 2.45) is 5.92 Å². The Morgan fingerprint density at radius 1 is 1.33 bits per heavy atom. The van der Waals surface area contributed by atoms with Crippen LogP contribution in [0.15, 0.2) is 30.9 Å². The van der Waals surface area contributed by atoms with Gasteiger partial charge >= 0.3 is 0 Å². The molecule has 0 spiro atoms. The molecule has 1 aliphatic carbocycles. The number of nitrogens with zero attached hydrogens (tertiary/aromatic N) is 4. The highest BCUT2D eigenvalue weighted by atomic mass is 16.3. The summed E-state index contributed by atoms with van der Waals surface area (Å²) in [7, 11) is 1.88. The highest BCUT2D eigenvalue weighted by molar-refractivity contribution is 5.94. The molecular weight excluding hydrogens is 304 g/mol. The molecule has 128 valence electrons. The van der Waals surface area contributed by atoms with Crippen molar-refractivity contribution in [1.29, 1.82) is 0 Å². The fourth-order valence-electron chi connectivity index (χ4n) is 3.46. The average Bonchev–Trinajstić information content (AvgIpc) is 3.14. The summed E-state index contributed by atoms with van der Waals surface area (Å²) in [4.78, 5) is 18.6. The quantitative estimate of drug-likeness (QED) is 0.934. The van der Waals surface area contributed by atoms with Crippen LogP contribution in [0.3, 0.4) is 0 Å².